The SMILES string of the molecule is CC1CC2CC(O)(c3ccccc3)CC1N2. The van der Waals surface area contributed by atoms with Crippen molar-refractivity contribution >= 4 is 0 Å². The monoisotopic (exact) mass is 217 g/mol. The molecular formula is C14H19NO. The van der Waals surface area contributed by atoms with Gasteiger partial charge in [-0.15, -0.1) is 0 Å². The van der Waals surface area contributed by atoms with Gasteiger partial charge in [-0.25, -0.2) is 0 Å². The van der Waals surface area contributed by atoms with E-state index in [9.17, 15) is 5.11 Å². The molecular weight excluding hydrogens is 198 g/mol. The first-order valence-electron chi connectivity index (χ1n) is 6.21. The van der Waals surface area contributed by atoms with Gasteiger partial charge in [-0.1, -0.05) is 37.3 Å². The van der Waals surface area contributed by atoms with Crippen LogP contribution in [-0.4, -0.2) is 17.2 Å². The summed E-state index contributed by atoms with van der Waals surface area (Å²) in [5, 5.41) is 14.4. The Labute approximate surface area is 96.7 Å². The molecule has 2 bridgehead atoms. The summed E-state index contributed by atoms with van der Waals surface area (Å²) >= 11 is 0. The van der Waals surface area contributed by atoms with E-state index < -0.39 is 5.60 Å². The van der Waals surface area contributed by atoms with Crippen molar-refractivity contribution < 1.29 is 5.11 Å². The van der Waals surface area contributed by atoms with Crippen molar-refractivity contribution in [3.8, 4) is 0 Å². The van der Waals surface area contributed by atoms with Crippen molar-refractivity contribution in [1.82, 2.24) is 5.32 Å². The zero-order chi connectivity index (χ0) is 11.2. The van der Waals surface area contributed by atoms with E-state index in [-0.39, 0.29) is 0 Å². The van der Waals surface area contributed by atoms with Crippen LogP contribution in [0.15, 0.2) is 30.3 Å². The molecule has 0 amide bonds. The molecule has 2 heteroatoms. The smallest absolute Gasteiger partial charge is 0.0926 e. The highest BCUT2D eigenvalue weighted by Gasteiger charge is 2.46. The first-order valence-corrected chi connectivity index (χ1v) is 6.21. The molecule has 0 aliphatic carbocycles. The molecule has 3 rings (SSSR count). The predicted molar refractivity (Wildman–Crippen MR) is 64.1 cm³/mol. The number of hydrogen-bond donors (Lipinski definition) is 2. The van der Waals surface area contributed by atoms with Gasteiger partial charge in [0.1, 0.15) is 0 Å². The van der Waals surface area contributed by atoms with Gasteiger partial charge in [0, 0.05) is 12.1 Å². The third kappa shape index (κ3) is 1.57. The topological polar surface area (TPSA) is 32.3 Å². The Kier molecular flexibility index (Phi) is 2.30. The van der Waals surface area contributed by atoms with Crippen molar-refractivity contribution in [2.45, 2.75) is 43.9 Å². The van der Waals surface area contributed by atoms with Gasteiger partial charge in [-0.3, -0.25) is 0 Å². The van der Waals surface area contributed by atoms with Crippen LogP contribution >= 0.6 is 0 Å². The van der Waals surface area contributed by atoms with Gasteiger partial charge in [0.25, 0.3) is 0 Å². The molecule has 16 heavy (non-hydrogen) atoms. The summed E-state index contributed by atoms with van der Waals surface area (Å²) < 4.78 is 0. The maximum absolute atomic E-state index is 10.8. The van der Waals surface area contributed by atoms with Crippen molar-refractivity contribution in [2.24, 2.45) is 5.92 Å². The summed E-state index contributed by atoms with van der Waals surface area (Å²) in [5.41, 5.74) is 0.479. The van der Waals surface area contributed by atoms with Gasteiger partial charge >= 0.3 is 0 Å². The van der Waals surface area contributed by atoms with Crippen LogP contribution in [0.4, 0.5) is 0 Å². The van der Waals surface area contributed by atoms with Crippen LogP contribution in [0.2, 0.25) is 0 Å². The average Bonchev–Trinajstić information content (AvgIpc) is 2.54. The fourth-order valence-corrected chi connectivity index (χ4v) is 3.39. The van der Waals surface area contributed by atoms with Gasteiger partial charge in [0.05, 0.1) is 5.60 Å². The summed E-state index contributed by atoms with van der Waals surface area (Å²) in [4.78, 5) is 0. The maximum atomic E-state index is 10.8. The minimum Gasteiger partial charge on any atom is -0.385 e. The Morgan fingerprint density at radius 2 is 2.00 bits per heavy atom. The molecule has 1 aromatic carbocycles. The number of nitrogens with one attached hydrogen (secondary N) is 1. The molecule has 86 valence electrons. The number of aliphatic hydroxyl groups is 1. The summed E-state index contributed by atoms with van der Waals surface area (Å²) in [6.07, 6.45) is 2.92. The summed E-state index contributed by atoms with van der Waals surface area (Å²) in [7, 11) is 0. The Balaban J connectivity index is 1.90. The standard InChI is InChI=1S/C14H19NO/c1-10-7-12-8-14(16,9-13(10)15-12)11-5-3-2-4-6-11/h2-6,10,12-13,15-16H,7-9H2,1H3. The number of benzene rings is 1. The highest BCUT2D eigenvalue weighted by Crippen LogP contribution is 2.42. The second kappa shape index (κ2) is 3.57. The Bertz CT molecular complexity index is 376. The van der Waals surface area contributed by atoms with Gasteiger partial charge in [0.2, 0.25) is 0 Å². The summed E-state index contributed by atoms with van der Waals surface area (Å²) in [6, 6.07) is 11.1. The van der Waals surface area contributed by atoms with E-state index in [1.165, 1.54) is 6.42 Å². The van der Waals surface area contributed by atoms with Crippen LogP contribution in [0.5, 0.6) is 0 Å². The molecule has 0 spiro atoms. The molecule has 2 N–H and O–H groups in total. The first-order chi connectivity index (χ1) is 7.67. The Morgan fingerprint density at radius 3 is 2.69 bits per heavy atom. The van der Waals surface area contributed by atoms with Crippen LogP contribution in [0.1, 0.15) is 31.7 Å². The third-order valence-electron chi connectivity index (χ3n) is 4.25. The van der Waals surface area contributed by atoms with Crippen molar-refractivity contribution in [3.05, 3.63) is 35.9 Å². The van der Waals surface area contributed by atoms with E-state index in [0.29, 0.717) is 18.0 Å². The lowest BCUT2D eigenvalue weighted by Crippen LogP contribution is -2.47. The number of fused-ring (bicyclic) bond motifs is 2. The van der Waals surface area contributed by atoms with Crippen LogP contribution in [-0.2, 0) is 5.60 Å². The van der Waals surface area contributed by atoms with Gasteiger partial charge in [0.15, 0.2) is 0 Å². The molecule has 4 unspecified atom stereocenters. The number of piperidine rings is 1. The Hall–Kier alpha value is -0.860. The predicted octanol–water partition coefficient (Wildman–Crippen LogP) is 2.03. The van der Waals surface area contributed by atoms with E-state index in [1.807, 2.05) is 18.2 Å². The van der Waals surface area contributed by atoms with Crippen LogP contribution in [0.25, 0.3) is 0 Å². The van der Waals surface area contributed by atoms with E-state index in [1.54, 1.807) is 0 Å². The van der Waals surface area contributed by atoms with Crippen molar-refractivity contribution in [1.29, 1.82) is 0 Å². The van der Waals surface area contributed by atoms with Crippen molar-refractivity contribution in [3.63, 3.8) is 0 Å². The molecule has 0 radical (unpaired) electrons. The van der Waals surface area contributed by atoms with Gasteiger partial charge in [-0.2, -0.15) is 0 Å². The third-order valence-corrected chi connectivity index (χ3v) is 4.25. The molecule has 2 fully saturated rings. The average molecular weight is 217 g/mol. The second-order valence-corrected chi connectivity index (χ2v) is 5.49. The van der Waals surface area contributed by atoms with Crippen LogP contribution in [0.3, 0.4) is 0 Å². The second-order valence-electron chi connectivity index (χ2n) is 5.49. The van der Waals surface area contributed by atoms with Crippen molar-refractivity contribution in [2.75, 3.05) is 0 Å². The normalized spacial score (nSPS) is 42.2. The van der Waals surface area contributed by atoms with Gasteiger partial charge < -0.3 is 10.4 Å². The molecule has 2 heterocycles. The fourth-order valence-electron chi connectivity index (χ4n) is 3.39. The van der Waals surface area contributed by atoms with E-state index in [2.05, 4.69) is 24.4 Å². The summed E-state index contributed by atoms with van der Waals surface area (Å²) in [6.45, 7) is 2.29. The highest BCUT2D eigenvalue weighted by molar-refractivity contribution is 5.25. The lowest BCUT2D eigenvalue weighted by molar-refractivity contribution is -0.0133. The minimum absolute atomic E-state index is 0.490. The lowest BCUT2D eigenvalue weighted by atomic mass is 9.81. The number of rotatable bonds is 1. The Morgan fingerprint density at radius 1 is 1.25 bits per heavy atom. The van der Waals surface area contributed by atoms with E-state index in [0.717, 1.165) is 18.4 Å². The highest BCUT2D eigenvalue weighted by atomic mass is 16.3. The molecule has 2 aliphatic heterocycles. The van der Waals surface area contributed by atoms with Crippen LogP contribution < -0.4 is 5.32 Å². The minimum atomic E-state index is -0.605. The molecule has 2 aliphatic rings. The van der Waals surface area contributed by atoms with Crippen LogP contribution in [0, 0.1) is 5.92 Å². The molecule has 0 aromatic heterocycles. The molecule has 2 saturated heterocycles. The molecule has 1 aromatic rings. The molecule has 0 saturated carbocycles. The lowest BCUT2D eigenvalue weighted by Gasteiger charge is -2.38. The van der Waals surface area contributed by atoms with E-state index in [4.69, 9.17) is 0 Å². The maximum Gasteiger partial charge on any atom is 0.0926 e. The number of hydrogen-bond acceptors (Lipinski definition) is 2. The quantitative estimate of drug-likeness (QED) is 0.754. The largest absolute Gasteiger partial charge is 0.385 e. The molecule has 4 atom stereocenters. The van der Waals surface area contributed by atoms with E-state index >= 15 is 0 Å². The summed E-state index contributed by atoms with van der Waals surface area (Å²) in [5.74, 6) is 0.697. The molecule has 2 nitrogen and oxygen atoms in total. The zero-order valence-corrected chi connectivity index (χ0v) is 9.69. The zero-order valence-electron chi connectivity index (χ0n) is 9.69. The first kappa shape index (κ1) is 10.3. The fraction of sp³-hybridized carbons (Fsp3) is 0.571. The van der Waals surface area contributed by atoms with Gasteiger partial charge in [-0.05, 0) is 30.7 Å².